The molecule has 6 heteroatoms. The monoisotopic (exact) mass is 407 g/mol. The lowest BCUT2D eigenvalue weighted by Gasteiger charge is -2.17. The average Bonchev–Trinajstić information content (AvgIpc) is 2.73. The van der Waals surface area contributed by atoms with Crippen LogP contribution in [-0.2, 0) is 19.3 Å². The number of aryl methyl sites for hydroxylation is 1. The molecule has 4 rings (SSSR count). The molecule has 29 heavy (non-hydrogen) atoms. The van der Waals surface area contributed by atoms with Crippen molar-refractivity contribution in [2.45, 2.75) is 39.0 Å². The van der Waals surface area contributed by atoms with Crippen LogP contribution in [0.15, 0.2) is 47.3 Å². The molecule has 1 amide bonds. The molecule has 0 spiro atoms. The number of hydrogen-bond acceptors (Lipinski definition) is 3. The van der Waals surface area contributed by atoms with Gasteiger partial charge in [0.05, 0.1) is 5.69 Å². The summed E-state index contributed by atoms with van der Waals surface area (Å²) in [4.78, 5) is 24.7. The van der Waals surface area contributed by atoms with E-state index in [2.05, 4.69) is 15.5 Å². The fraction of sp³-hybridized carbons (Fsp3) is 0.261. The lowest BCUT2D eigenvalue weighted by atomic mass is 9.90. The first-order valence-electron chi connectivity index (χ1n) is 9.77. The van der Waals surface area contributed by atoms with Gasteiger partial charge in [0, 0.05) is 28.3 Å². The van der Waals surface area contributed by atoms with Crippen molar-refractivity contribution in [3.63, 3.8) is 0 Å². The van der Waals surface area contributed by atoms with Crippen LogP contribution in [0.1, 0.15) is 51.1 Å². The second kappa shape index (κ2) is 8.21. The number of anilines is 1. The van der Waals surface area contributed by atoms with E-state index in [-0.39, 0.29) is 11.5 Å². The van der Waals surface area contributed by atoms with Gasteiger partial charge < -0.3 is 5.32 Å². The summed E-state index contributed by atoms with van der Waals surface area (Å²) in [6.45, 7) is 1.92. The normalized spacial score (nSPS) is 13.0. The lowest BCUT2D eigenvalue weighted by molar-refractivity contribution is 0.102. The number of nitrogens with zero attached hydrogens (tertiary/aromatic N) is 1. The Labute approximate surface area is 174 Å². The summed E-state index contributed by atoms with van der Waals surface area (Å²) in [6.07, 6.45) is 4.39. The van der Waals surface area contributed by atoms with Gasteiger partial charge in [-0.1, -0.05) is 29.8 Å². The van der Waals surface area contributed by atoms with Crippen LogP contribution < -0.4 is 10.9 Å². The predicted molar refractivity (Wildman–Crippen MR) is 115 cm³/mol. The van der Waals surface area contributed by atoms with Gasteiger partial charge in [-0.3, -0.25) is 9.59 Å². The number of aromatic nitrogens is 2. The van der Waals surface area contributed by atoms with Gasteiger partial charge in [-0.15, -0.1) is 0 Å². The topological polar surface area (TPSA) is 74.8 Å². The second-order valence-electron chi connectivity index (χ2n) is 7.46. The van der Waals surface area contributed by atoms with E-state index in [0.29, 0.717) is 22.7 Å². The van der Waals surface area contributed by atoms with E-state index < -0.39 is 0 Å². The minimum atomic E-state index is -0.191. The van der Waals surface area contributed by atoms with Crippen molar-refractivity contribution in [3.05, 3.63) is 91.4 Å². The molecule has 0 fully saturated rings. The molecule has 1 aliphatic rings. The summed E-state index contributed by atoms with van der Waals surface area (Å²) in [5, 5.41) is 10.4. The molecule has 0 bridgehead atoms. The first-order chi connectivity index (χ1) is 14.0. The zero-order chi connectivity index (χ0) is 20.4. The molecular weight excluding hydrogens is 386 g/mol. The molecule has 1 heterocycles. The Balaban J connectivity index is 1.55. The van der Waals surface area contributed by atoms with Crippen LogP contribution in [0.25, 0.3) is 0 Å². The van der Waals surface area contributed by atoms with Gasteiger partial charge in [0.1, 0.15) is 0 Å². The number of rotatable bonds is 4. The number of hydrogen-bond donors (Lipinski definition) is 2. The molecule has 0 atom stereocenters. The summed E-state index contributed by atoms with van der Waals surface area (Å²) in [5.74, 6) is -0.191. The molecule has 0 unspecified atom stereocenters. The third-order valence-corrected chi connectivity index (χ3v) is 5.78. The Kier molecular flexibility index (Phi) is 5.49. The Bertz CT molecular complexity index is 1140. The van der Waals surface area contributed by atoms with Gasteiger partial charge >= 0.3 is 0 Å². The SMILES string of the molecule is Cc1ccc(NC(=O)c2cccc(Cc3n[nH]c(=O)c4c3CCCC4)c2)cc1Cl. The summed E-state index contributed by atoms with van der Waals surface area (Å²) < 4.78 is 0. The molecule has 0 aliphatic heterocycles. The van der Waals surface area contributed by atoms with Crippen molar-refractivity contribution in [1.29, 1.82) is 0 Å². The Morgan fingerprint density at radius 2 is 1.93 bits per heavy atom. The number of benzene rings is 2. The number of fused-ring (bicyclic) bond motifs is 1. The standard InChI is InChI=1S/C23H22ClN3O2/c1-14-9-10-17(13-20(14)24)25-22(28)16-6-4-5-15(11-16)12-21-18-7-2-3-8-19(18)23(29)27-26-21/h4-6,9-11,13H,2-3,7-8,12H2,1H3,(H,25,28)(H,27,29). The molecule has 1 aromatic heterocycles. The lowest BCUT2D eigenvalue weighted by Crippen LogP contribution is -2.23. The van der Waals surface area contributed by atoms with E-state index in [1.165, 1.54) is 0 Å². The van der Waals surface area contributed by atoms with Gasteiger partial charge in [-0.25, -0.2) is 5.10 Å². The average molecular weight is 408 g/mol. The van der Waals surface area contributed by atoms with E-state index in [1.807, 2.05) is 37.3 Å². The number of aromatic amines is 1. The van der Waals surface area contributed by atoms with Crippen LogP contribution in [0, 0.1) is 6.92 Å². The highest BCUT2D eigenvalue weighted by molar-refractivity contribution is 6.31. The molecule has 2 N–H and O–H groups in total. The van der Waals surface area contributed by atoms with Crippen molar-refractivity contribution in [2.24, 2.45) is 0 Å². The summed E-state index contributed by atoms with van der Waals surface area (Å²) >= 11 is 6.14. The smallest absolute Gasteiger partial charge is 0.267 e. The first-order valence-corrected chi connectivity index (χ1v) is 10.1. The molecule has 0 saturated heterocycles. The number of carbonyl (C=O) groups is 1. The van der Waals surface area contributed by atoms with E-state index in [1.54, 1.807) is 12.1 Å². The van der Waals surface area contributed by atoms with Gasteiger partial charge in [-0.2, -0.15) is 5.10 Å². The van der Waals surface area contributed by atoms with Crippen LogP contribution in [0.5, 0.6) is 0 Å². The number of amides is 1. The zero-order valence-electron chi connectivity index (χ0n) is 16.2. The largest absolute Gasteiger partial charge is 0.322 e. The molecule has 5 nitrogen and oxygen atoms in total. The Hall–Kier alpha value is -2.92. The number of H-pyrrole nitrogens is 1. The second-order valence-corrected chi connectivity index (χ2v) is 7.87. The van der Waals surface area contributed by atoms with Crippen LogP contribution in [-0.4, -0.2) is 16.1 Å². The molecule has 148 valence electrons. The van der Waals surface area contributed by atoms with Crippen molar-refractivity contribution in [1.82, 2.24) is 10.2 Å². The fourth-order valence-corrected chi connectivity index (χ4v) is 3.94. The van der Waals surface area contributed by atoms with E-state index >= 15 is 0 Å². The third kappa shape index (κ3) is 4.25. The molecule has 1 aliphatic carbocycles. The maximum Gasteiger partial charge on any atom is 0.267 e. The minimum Gasteiger partial charge on any atom is -0.322 e. The Morgan fingerprint density at radius 1 is 1.14 bits per heavy atom. The summed E-state index contributed by atoms with van der Waals surface area (Å²) in [5.41, 5.74) is 5.92. The van der Waals surface area contributed by atoms with Gasteiger partial charge in [0.15, 0.2) is 0 Å². The highest BCUT2D eigenvalue weighted by Crippen LogP contribution is 2.23. The summed E-state index contributed by atoms with van der Waals surface area (Å²) in [6, 6.07) is 12.9. The van der Waals surface area contributed by atoms with E-state index in [0.717, 1.165) is 53.6 Å². The zero-order valence-corrected chi connectivity index (χ0v) is 17.0. The van der Waals surface area contributed by atoms with Crippen LogP contribution in [0.4, 0.5) is 5.69 Å². The fourth-order valence-electron chi connectivity index (χ4n) is 3.76. The summed E-state index contributed by atoms with van der Waals surface area (Å²) in [7, 11) is 0. The highest BCUT2D eigenvalue weighted by Gasteiger charge is 2.18. The van der Waals surface area contributed by atoms with Crippen LogP contribution in [0.3, 0.4) is 0 Å². The molecule has 0 saturated carbocycles. The highest BCUT2D eigenvalue weighted by atomic mass is 35.5. The van der Waals surface area contributed by atoms with E-state index in [9.17, 15) is 9.59 Å². The predicted octanol–water partition coefficient (Wildman–Crippen LogP) is 4.45. The van der Waals surface area contributed by atoms with Crippen molar-refractivity contribution in [2.75, 3.05) is 5.32 Å². The van der Waals surface area contributed by atoms with E-state index in [4.69, 9.17) is 11.6 Å². The Morgan fingerprint density at radius 3 is 2.72 bits per heavy atom. The first kappa shape index (κ1) is 19.4. The molecular formula is C23H22ClN3O2. The van der Waals surface area contributed by atoms with Crippen molar-refractivity contribution < 1.29 is 4.79 Å². The maximum absolute atomic E-state index is 12.7. The van der Waals surface area contributed by atoms with Gasteiger partial charge in [0.2, 0.25) is 0 Å². The minimum absolute atomic E-state index is 0.0756. The molecule has 0 radical (unpaired) electrons. The van der Waals surface area contributed by atoms with Crippen molar-refractivity contribution >= 4 is 23.2 Å². The van der Waals surface area contributed by atoms with Crippen molar-refractivity contribution in [3.8, 4) is 0 Å². The van der Waals surface area contributed by atoms with Gasteiger partial charge in [-0.05, 0) is 73.6 Å². The van der Waals surface area contributed by atoms with Crippen LogP contribution >= 0.6 is 11.6 Å². The number of halogens is 1. The number of nitrogens with one attached hydrogen (secondary N) is 2. The van der Waals surface area contributed by atoms with Gasteiger partial charge in [0.25, 0.3) is 11.5 Å². The van der Waals surface area contributed by atoms with Crippen LogP contribution in [0.2, 0.25) is 5.02 Å². The third-order valence-electron chi connectivity index (χ3n) is 5.37. The molecule has 3 aromatic rings. The maximum atomic E-state index is 12.7. The quantitative estimate of drug-likeness (QED) is 0.670. The molecule has 2 aromatic carbocycles. The number of carbonyl (C=O) groups excluding carboxylic acids is 1.